The molecule has 0 aromatic heterocycles. The molecule has 1 aromatic carbocycles. The highest BCUT2D eigenvalue weighted by Gasteiger charge is 2.45. The molecule has 1 aliphatic carbocycles. The second-order valence-corrected chi connectivity index (χ2v) is 6.69. The van der Waals surface area contributed by atoms with Gasteiger partial charge in [0.25, 0.3) is 0 Å². The highest BCUT2D eigenvalue weighted by atomic mass is 35.5. The van der Waals surface area contributed by atoms with Crippen molar-refractivity contribution in [1.29, 1.82) is 0 Å². The highest BCUT2D eigenvalue weighted by molar-refractivity contribution is 6.31. The van der Waals surface area contributed by atoms with Crippen LogP contribution in [0.15, 0.2) is 18.2 Å². The smallest absolute Gasteiger partial charge is 0.412 e. The lowest BCUT2D eigenvalue weighted by atomic mass is 9.95. The molecule has 1 fully saturated rings. The number of carbonyl (C=O) groups is 1. The third kappa shape index (κ3) is 3.44. The lowest BCUT2D eigenvalue weighted by molar-refractivity contribution is 0.0635. The molecule has 5 heteroatoms. The number of aliphatic hydroxyl groups excluding tert-OH is 1. The first-order chi connectivity index (χ1) is 9.26. The summed E-state index contributed by atoms with van der Waals surface area (Å²) in [7, 11) is 0. The van der Waals surface area contributed by atoms with E-state index in [2.05, 4.69) is 5.32 Å². The van der Waals surface area contributed by atoms with E-state index in [4.69, 9.17) is 16.3 Å². The summed E-state index contributed by atoms with van der Waals surface area (Å²) in [5.41, 5.74) is 0.722. The quantitative estimate of drug-likeness (QED) is 0.894. The van der Waals surface area contributed by atoms with E-state index in [1.54, 1.807) is 12.1 Å². The maximum Gasteiger partial charge on any atom is 0.412 e. The van der Waals surface area contributed by atoms with Gasteiger partial charge in [0.05, 0.1) is 6.61 Å². The Morgan fingerprint density at radius 2 is 2.10 bits per heavy atom. The summed E-state index contributed by atoms with van der Waals surface area (Å²) in [6.45, 7) is 5.49. The minimum Gasteiger partial charge on any atom is -0.444 e. The molecule has 0 unspecified atom stereocenters. The molecule has 0 heterocycles. The monoisotopic (exact) mass is 297 g/mol. The van der Waals surface area contributed by atoms with Gasteiger partial charge in [-0.15, -0.1) is 0 Å². The number of aliphatic hydroxyl groups is 1. The minimum absolute atomic E-state index is 0.0671. The first-order valence-electron chi connectivity index (χ1n) is 6.67. The molecule has 1 aromatic rings. The van der Waals surface area contributed by atoms with Crippen LogP contribution in [0.5, 0.6) is 0 Å². The fraction of sp³-hybridized carbons (Fsp3) is 0.533. The topological polar surface area (TPSA) is 58.6 Å². The van der Waals surface area contributed by atoms with Crippen LogP contribution < -0.4 is 5.32 Å². The van der Waals surface area contributed by atoms with Gasteiger partial charge in [-0.2, -0.15) is 0 Å². The first kappa shape index (κ1) is 15.1. The van der Waals surface area contributed by atoms with Crippen molar-refractivity contribution in [2.24, 2.45) is 0 Å². The van der Waals surface area contributed by atoms with E-state index < -0.39 is 11.7 Å². The number of amides is 1. The zero-order valence-corrected chi connectivity index (χ0v) is 12.8. The number of hydrogen-bond donors (Lipinski definition) is 2. The molecular formula is C15H20ClNO3. The van der Waals surface area contributed by atoms with Crippen molar-refractivity contribution >= 4 is 23.4 Å². The Bertz CT molecular complexity index is 518. The van der Waals surface area contributed by atoms with Gasteiger partial charge >= 0.3 is 6.09 Å². The molecule has 2 rings (SSSR count). The number of halogens is 1. The number of benzene rings is 1. The molecule has 0 aliphatic heterocycles. The van der Waals surface area contributed by atoms with Crippen molar-refractivity contribution in [2.75, 3.05) is 11.9 Å². The van der Waals surface area contributed by atoms with E-state index >= 15 is 0 Å². The van der Waals surface area contributed by atoms with E-state index in [0.717, 1.165) is 18.4 Å². The van der Waals surface area contributed by atoms with Gasteiger partial charge in [-0.05, 0) is 51.3 Å². The summed E-state index contributed by atoms with van der Waals surface area (Å²) in [5.74, 6) is 0. The van der Waals surface area contributed by atoms with Crippen molar-refractivity contribution in [2.45, 2.75) is 44.6 Å². The molecule has 4 nitrogen and oxygen atoms in total. The second kappa shape index (κ2) is 5.26. The van der Waals surface area contributed by atoms with Crippen molar-refractivity contribution in [1.82, 2.24) is 0 Å². The van der Waals surface area contributed by atoms with Crippen LogP contribution in [0.3, 0.4) is 0 Å². The summed E-state index contributed by atoms with van der Waals surface area (Å²) in [6.07, 6.45) is 1.30. The average Bonchev–Trinajstić information content (AvgIpc) is 3.07. The Labute approximate surface area is 124 Å². The van der Waals surface area contributed by atoms with E-state index in [-0.39, 0.29) is 12.0 Å². The van der Waals surface area contributed by atoms with Crippen LogP contribution >= 0.6 is 11.6 Å². The molecule has 0 bridgehead atoms. The number of ether oxygens (including phenoxy) is 1. The van der Waals surface area contributed by atoms with Crippen molar-refractivity contribution in [3.05, 3.63) is 28.8 Å². The lowest BCUT2D eigenvalue weighted by Gasteiger charge is -2.22. The van der Waals surface area contributed by atoms with Crippen LogP contribution in [0.25, 0.3) is 0 Å². The summed E-state index contributed by atoms with van der Waals surface area (Å²) >= 11 is 5.99. The zero-order chi connectivity index (χ0) is 15.0. The maximum absolute atomic E-state index is 11.9. The van der Waals surface area contributed by atoms with Gasteiger partial charge in [0.2, 0.25) is 0 Å². The highest BCUT2D eigenvalue weighted by Crippen LogP contribution is 2.50. The molecular weight excluding hydrogens is 278 g/mol. The van der Waals surface area contributed by atoms with Gasteiger partial charge in [0, 0.05) is 16.1 Å². The summed E-state index contributed by atoms with van der Waals surface area (Å²) < 4.78 is 5.25. The van der Waals surface area contributed by atoms with Gasteiger partial charge in [-0.3, -0.25) is 5.32 Å². The van der Waals surface area contributed by atoms with E-state index in [1.807, 2.05) is 26.8 Å². The Morgan fingerprint density at radius 3 is 2.60 bits per heavy atom. The number of carbonyl (C=O) groups excluding carboxylic acids is 1. The minimum atomic E-state index is -0.558. The van der Waals surface area contributed by atoms with Gasteiger partial charge in [0.1, 0.15) is 5.60 Å². The Hall–Kier alpha value is -1.26. The molecule has 1 aliphatic rings. The van der Waals surface area contributed by atoms with Crippen molar-refractivity contribution in [3.63, 3.8) is 0 Å². The number of anilines is 1. The lowest BCUT2D eigenvalue weighted by Crippen LogP contribution is -2.28. The van der Waals surface area contributed by atoms with Crippen molar-refractivity contribution in [3.8, 4) is 0 Å². The van der Waals surface area contributed by atoms with Gasteiger partial charge in [0.15, 0.2) is 0 Å². The Kier molecular flexibility index (Phi) is 3.98. The Balaban J connectivity index is 2.23. The number of hydrogen-bond acceptors (Lipinski definition) is 3. The molecule has 2 N–H and O–H groups in total. The van der Waals surface area contributed by atoms with Crippen LogP contribution in [0.4, 0.5) is 10.5 Å². The fourth-order valence-electron chi connectivity index (χ4n) is 2.16. The molecule has 110 valence electrons. The predicted molar refractivity (Wildman–Crippen MR) is 79.3 cm³/mol. The molecule has 0 spiro atoms. The van der Waals surface area contributed by atoms with E-state index in [0.29, 0.717) is 10.7 Å². The van der Waals surface area contributed by atoms with Crippen LogP contribution in [0.2, 0.25) is 5.02 Å². The van der Waals surface area contributed by atoms with E-state index in [1.165, 1.54) is 0 Å². The van der Waals surface area contributed by atoms with Crippen LogP contribution in [0.1, 0.15) is 39.2 Å². The summed E-state index contributed by atoms with van der Waals surface area (Å²) in [6, 6.07) is 5.32. The fourth-order valence-corrected chi connectivity index (χ4v) is 2.33. The normalized spacial score (nSPS) is 16.6. The molecule has 20 heavy (non-hydrogen) atoms. The molecule has 0 atom stereocenters. The molecule has 1 saturated carbocycles. The van der Waals surface area contributed by atoms with Crippen LogP contribution in [0, 0.1) is 0 Å². The zero-order valence-electron chi connectivity index (χ0n) is 12.0. The second-order valence-electron chi connectivity index (χ2n) is 6.26. The third-order valence-electron chi connectivity index (χ3n) is 3.34. The third-order valence-corrected chi connectivity index (χ3v) is 3.58. The summed E-state index contributed by atoms with van der Waals surface area (Å²) in [5, 5.41) is 12.8. The van der Waals surface area contributed by atoms with Gasteiger partial charge in [-0.25, -0.2) is 4.79 Å². The summed E-state index contributed by atoms with van der Waals surface area (Å²) in [4.78, 5) is 11.9. The number of nitrogens with one attached hydrogen (secondary N) is 1. The predicted octanol–water partition coefficient (Wildman–Crippen LogP) is 3.71. The molecule has 1 amide bonds. The number of rotatable bonds is 3. The van der Waals surface area contributed by atoms with E-state index in [9.17, 15) is 9.90 Å². The largest absolute Gasteiger partial charge is 0.444 e. The SMILES string of the molecule is CC(C)(C)OC(=O)Nc1cc(Cl)ccc1C1(CO)CC1. The van der Waals surface area contributed by atoms with Crippen molar-refractivity contribution < 1.29 is 14.6 Å². The molecule has 0 saturated heterocycles. The standard InChI is InChI=1S/C15H20ClNO3/c1-14(2,3)20-13(19)17-12-8-10(16)4-5-11(12)15(9-18)6-7-15/h4-5,8,18H,6-7,9H2,1-3H3,(H,17,19). The van der Waals surface area contributed by atoms with Gasteiger partial charge in [-0.1, -0.05) is 17.7 Å². The van der Waals surface area contributed by atoms with Crippen LogP contribution in [-0.2, 0) is 10.2 Å². The Morgan fingerprint density at radius 1 is 1.45 bits per heavy atom. The first-order valence-corrected chi connectivity index (χ1v) is 7.04. The average molecular weight is 298 g/mol. The van der Waals surface area contributed by atoms with Crippen LogP contribution in [-0.4, -0.2) is 23.4 Å². The van der Waals surface area contributed by atoms with Gasteiger partial charge < -0.3 is 9.84 Å². The maximum atomic E-state index is 11.9. The molecule has 0 radical (unpaired) electrons.